The molecule has 5 aliphatic rings. The van der Waals surface area contributed by atoms with Gasteiger partial charge in [-0.15, -0.1) is 11.3 Å². The second-order valence-electron chi connectivity index (χ2n) is 9.43. The van der Waals surface area contributed by atoms with Crippen LogP contribution in [0.5, 0.6) is 0 Å². The van der Waals surface area contributed by atoms with Gasteiger partial charge in [-0.3, -0.25) is 4.79 Å². The normalized spacial score (nSPS) is 33.5. The maximum absolute atomic E-state index is 12.6. The molecule has 0 bridgehead atoms. The fraction of sp³-hybridized carbons (Fsp3) is 0.652. The minimum Gasteiger partial charge on any atom is -0.446 e. The second kappa shape index (κ2) is 7.38. The van der Waals surface area contributed by atoms with Crippen LogP contribution in [0, 0.1) is 23.7 Å². The average molecular weight is 431 g/mol. The molecule has 1 N–H and O–H groups in total. The SMILES string of the molecule is O=C(NCCC1[C@H]2CN(C(=O)OC3CCOCC3)C[C@@H]12)c1cc2c(s1)C1CC1C=C2.[HH]. The molecule has 7 heteroatoms. The fourth-order valence-electron chi connectivity index (χ4n) is 5.58. The smallest absolute Gasteiger partial charge is 0.410 e. The number of carbonyl (C=O) groups is 2. The minimum atomic E-state index is -0.158. The number of rotatable bonds is 5. The lowest BCUT2D eigenvalue weighted by Crippen LogP contribution is -2.36. The van der Waals surface area contributed by atoms with E-state index in [0.717, 1.165) is 43.1 Å². The Labute approximate surface area is 182 Å². The van der Waals surface area contributed by atoms with Crippen LogP contribution in [0.4, 0.5) is 4.79 Å². The summed E-state index contributed by atoms with van der Waals surface area (Å²) in [5.74, 6) is 3.24. The molecule has 0 aromatic carbocycles. The van der Waals surface area contributed by atoms with Crippen LogP contribution in [0.15, 0.2) is 12.1 Å². The first-order valence-electron chi connectivity index (χ1n) is 11.3. The van der Waals surface area contributed by atoms with Crippen molar-refractivity contribution in [1.82, 2.24) is 10.2 Å². The molecule has 5 atom stereocenters. The topological polar surface area (TPSA) is 67.9 Å². The van der Waals surface area contributed by atoms with E-state index in [9.17, 15) is 9.59 Å². The van der Waals surface area contributed by atoms with Gasteiger partial charge in [-0.05, 0) is 48.1 Å². The summed E-state index contributed by atoms with van der Waals surface area (Å²) in [6, 6.07) is 2.05. The van der Waals surface area contributed by atoms with Gasteiger partial charge < -0.3 is 19.7 Å². The van der Waals surface area contributed by atoms with Gasteiger partial charge in [0.15, 0.2) is 0 Å². The lowest BCUT2D eigenvalue weighted by Gasteiger charge is -2.26. The van der Waals surface area contributed by atoms with Gasteiger partial charge in [-0.25, -0.2) is 4.79 Å². The number of likely N-dealkylation sites (tertiary alicyclic amines) is 1. The van der Waals surface area contributed by atoms with Crippen LogP contribution in [-0.4, -0.2) is 55.9 Å². The number of fused-ring (bicyclic) bond motifs is 4. The van der Waals surface area contributed by atoms with Gasteiger partial charge in [0, 0.05) is 44.7 Å². The van der Waals surface area contributed by atoms with Gasteiger partial charge in [0.25, 0.3) is 5.91 Å². The van der Waals surface area contributed by atoms with Crippen molar-refractivity contribution in [2.75, 3.05) is 32.8 Å². The predicted octanol–water partition coefficient (Wildman–Crippen LogP) is 3.74. The minimum absolute atomic E-state index is 0. The highest BCUT2D eigenvalue weighted by Gasteiger charge is 2.56. The van der Waals surface area contributed by atoms with E-state index in [2.05, 4.69) is 17.5 Å². The maximum Gasteiger partial charge on any atom is 0.410 e. The van der Waals surface area contributed by atoms with Crippen molar-refractivity contribution >= 4 is 29.4 Å². The maximum atomic E-state index is 12.6. The Morgan fingerprint density at radius 1 is 1.27 bits per heavy atom. The van der Waals surface area contributed by atoms with Gasteiger partial charge in [-0.2, -0.15) is 0 Å². The van der Waals surface area contributed by atoms with Crippen molar-refractivity contribution < 1.29 is 20.5 Å². The van der Waals surface area contributed by atoms with Crippen LogP contribution in [0.25, 0.3) is 6.08 Å². The molecule has 4 fully saturated rings. The molecule has 3 heterocycles. The third-order valence-electron chi connectivity index (χ3n) is 7.54. The first kappa shape index (κ1) is 18.9. The van der Waals surface area contributed by atoms with Crippen LogP contribution in [0.2, 0.25) is 0 Å². The number of nitrogens with one attached hydrogen (secondary N) is 1. The molecule has 6 rings (SSSR count). The monoisotopic (exact) mass is 430 g/mol. The predicted molar refractivity (Wildman–Crippen MR) is 116 cm³/mol. The lowest BCUT2D eigenvalue weighted by molar-refractivity contribution is -0.00949. The molecule has 3 unspecified atom stereocenters. The standard InChI is InChI=1S/C23H28N2O4S.H2/c26-22(20-10-14-2-1-13-9-17(13)21(14)30-20)24-6-3-16-18-11-25(12-19(16)18)23(27)29-15-4-7-28-8-5-15;/h1-2,10,13,15-19H,3-9,11-12H2,(H,24,26);1H/t13?,16?,17?,18-,19+;. The number of hydrogen-bond donors (Lipinski definition) is 1. The quantitative estimate of drug-likeness (QED) is 0.773. The molecule has 0 spiro atoms. The number of ether oxygens (including phenoxy) is 2. The van der Waals surface area contributed by atoms with E-state index in [-0.39, 0.29) is 19.5 Å². The summed E-state index contributed by atoms with van der Waals surface area (Å²) < 4.78 is 11.0. The Morgan fingerprint density at radius 2 is 2.07 bits per heavy atom. The summed E-state index contributed by atoms with van der Waals surface area (Å²) in [7, 11) is 0. The van der Waals surface area contributed by atoms with Crippen LogP contribution in [0.3, 0.4) is 0 Å². The van der Waals surface area contributed by atoms with E-state index in [1.807, 2.05) is 11.0 Å². The van der Waals surface area contributed by atoms with E-state index in [0.29, 0.717) is 43.4 Å². The van der Waals surface area contributed by atoms with E-state index < -0.39 is 0 Å². The number of thiophene rings is 1. The van der Waals surface area contributed by atoms with Crippen LogP contribution in [0.1, 0.15) is 53.1 Å². The number of carbonyl (C=O) groups excluding carboxylic acids is 2. The Kier molecular flexibility index (Phi) is 4.64. The van der Waals surface area contributed by atoms with Crippen LogP contribution >= 0.6 is 11.3 Å². The number of nitrogens with zero attached hydrogens (tertiary/aromatic N) is 1. The van der Waals surface area contributed by atoms with Crippen molar-refractivity contribution in [3.63, 3.8) is 0 Å². The summed E-state index contributed by atoms with van der Waals surface area (Å²) in [5, 5.41) is 3.12. The second-order valence-corrected chi connectivity index (χ2v) is 10.5. The van der Waals surface area contributed by atoms with Gasteiger partial charge in [-0.1, -0.05) is 12.2 Å². The molecule has 162 valence electrons. The molecule has 2 saturated heterocycles. The highest BCUT2D eigenvalue weighted by atomic mass is 32.1. The van der Waals surface area contributed by atoms with Crippen molar-refractivity contribution in [3.8, 4) is 0 Å². The largest absolute Gasteiger partial charge is 0.446 e. The summed E-state index contributed by atoms with van der Waals surface area (Å²) in [6.07, 6.45) is 8.18. The van der Waals surface area contributed by atoms with Gasteiger partial charge >= 0.3 is 6.09 Å². The zero-order valence-corrected chi connectivity index (χ0v) is 17.9. The fourth-order valence-corrected chi connectivity index (χ4v) is 6.84. The summed E-state index contributed by atoms with van der Waals surface area (Å²) in [4.78, 5) is 29.0. The number of hydrogen-bond acceptors (Lipinski definition) is 5. The molecule has 2 amide bonds. The van der Waals surface area contributed by atoms with E-state index >= 15 is 0 Å². The first-order chi connectivity index (χ1) is 14.7. The van der Waals surface area contributed by atoms with Crippen LogP contribution in [-0.2, 0) is 9.47 Å². The molecule has 3 aliphatic carbocycles. The third-order valence-corrected chi connectivity index (χ3v) is 8.82. The molecular formula is C23H30N2O4S. The number of amides is 2. The molecule has 30 heavy (non-hydrogen) atoms. The van der Waals surface area contributed by atoms with Crippen molar-refractivity contribution in [2.45, 2.75) is 37.7 Å². The Hall–Kier alpha value is -1.86. The van der Waals surface area contributed by atoms with E-state index in [1.165, 1.54) is 16.9 Å². The Bertz CT molecular complexity index is 884. The number of allylic oxidation sites excluding steroid dienone is 1. The highest BCUT2D eigenvalue weighted by Crippen LogP contribution is 2.55. The molecule has 2 aliphatic heterocycles. The first-order valence-corrected chi connectivity index (χ1v) is 12.1. The molecule has 2 saturated carbocycles. The Balaban J connectivity index is 0.00000204. The van der Waals surface area contributed by atoms with Gasteiger partial charge in [0.05, 0.1) is 18.1 Å². The van der Waals surface area contributed by atoms with Crippen molar-refractivity contribution in [2.24, 2.45) is 23.7 Å². The average Bonchev–Trinajstić information content (AvgIpc) is 3.55. The third kappa shape index (κ3) is 3.46. The molecule has 0 radical (unpaired) electrons. The summed E-state index contributed by atoms with van der Waals surface area (Å²) in [5.41, 5.74) is 1.24. The molecule has 1 aromatic heterocycles. The molecule has 1 aromatic rings. The van der Waals surface area contributed by atoms with Gasteiger partial charge in [0.1, 0.15) is 6.10 Å². The lowest BCUT2D eigenvalue weighted by atomic mass is 10.1. The van der Waals surface area contributed by atoms with Gasteiger partial charge in [0.2, 0.25) is 0 Å². The van der Waals surface area contributed by atoms with E-state index in [1.54, 1.807) is 11.3 Å². The molecular weight excluding hydrogens is 400 g/mol. The zero-order valence-electron chi connectivity index (χ0n) is 17.0. The van der Waals surface area contributed by atoms with Crippen LogP contribution < -0.4 is 5.32 Å². The van der Waals surface area contributed by atoms with Crippen molar-refractivity contribution in [3.05, 3.63) is 27.5 Å². The Morgan fingerprint density at radius 3 is 2.87 bits per heavy atom. The summed E-state index contributed by atoms with van der Waals surface area (Å²) >= 11 is 1.67. The highest BCUT2D eigenvalue weighted by molar-refractivity contribution is 7.14. The number of piperidine rings is 1. The van der Waals surface area contributed by atoms with E-state index in [4.69, 9.17) is 9.47 Å². The molecule has 6 nitrogen and oxygen atoms in total. The zero-order chi connectivity index (χ0) is 20.2. The summed E-state index contributed by atoms with van der Waals surface area (Å²) in [6.45, 7) is 3.69. The van der Waals surface area contributed by atoms with Crippen molar-refractivity contribution in [1.29, 1.82) is 0 Å².